The minimum atomic E-state index is -0.974. The van der Waals surface area contributed by atoms with Crippen molar-refractivity contribution in [2.24, 2.45) is 5.92 Å². The van der Waals surface area contributed by atoms with Gasteiger partial charge >= 0.3 is 5.91 Å². The highest BCUT2D eigenvalue weighted by Crippen LogP contribution is 2.46. The summed E-state index contributed by atoms with van der Waals surface area (Å²) in [6, 6.07) is 15.0. The van der Waals surface area contributed by atoms with Crippen LogP contribution < -0.4 is 19.1 Å². The van der Waals surface area contributed by atoms with Gasteiger partial charge in [0.25, 0.3) is 5.78 Å². The number of carbonyl (C=O) groups excluding carboxylic acids is 2. The monoisotopic (exact) mass is 632 g/mol. The maximum Gasteiger partial charge on any atom is 0.301 e. The van der Waals surface area contributed by atoms with E-state index in [-0.39, 0.29) is 17.4 Å². The summed E-state index contributed by atoms with van der Waals surface area (Å²) < 4.78 is 18.6. The average Bonchev–Trinajstić information content (AvgIpc) is 3.65. The number of fused-ring (bicyclic) bond motifs is 2. The fraction of sp³-hybridized carbons (Fsp3) is 0.324. The number of hydrogen-bond acceptors (Lipinski definition) is 8. The molecule has 1 amide bonds. The van der Waals surface area contributed by atoms with Crippen LogP contribution in [0.4, 0.5) is 5.13 Å². The van der Waals surface area contributed by atoms with Crippen LogP contribution in [0.3, 0.4) is 0 Å². The van der Waals surface area contributed by atoms with E-state index in [1.54, 1.807) is 48.5 Å². The molecule has 4 aromatic rings. The molecule has 3 aromatic carbocycles. The molecule has 2 aliphatic heterocycles. The number of rotatable bonds is 9. The van der Waals surface area contributed by atoms with Gasteiger partial charge in [0, 0.05) is 17.0 Å². The van der Waals surface area contributed by atoms with Crippen LogP contribution in [0.1, 0.15) is 56.8 Å². The van der Waals surface area contributed by atoms with Gasteiger partial charge in [0.2, 0.25) is 0 Å². The topological polar surface area (TPSA) is 98.2 Å². The molecule has 0 spiro atoms. The van der Waals surface area contributed by atoms with Gasteiger partial charge in [0.15, 0.2) is 16.6 Å². The third-order valence-corrected chi connectivity index (χ3v) is 8.95. The van der Waals surface area contributed by atoms with Crippen molar-refractivity contribution in [3.63, 3.8) is 0 Å². The Labute approximate surface area is 264 Å². The molecule has 1 fully saturated rings. The first kappa shape index (κ1) is 30.0. The van der Waals surface area contributed by atoms with Gasteiger partial charge in [0.1, 0.15) is 17.6 Å². The molecule has 0 bridgehead atoms. The Morgan fingerprint density at radius 2 is 1.93 bits per heavy atom. The second-order valence-electron chi connectivity index (χ2n) is 11.4. The van der Waals surface area contributed by atoms with Crippen LogP contribution in [-0.2, 0) is 16.0 Å². The van der Waals surface area contributed by atoms with Crippen molar-refractivity contribution in [1.29, 1.82) is 0 Å². The fourth-order valence-electron chi connectivity index (χ4n) is 5.55. The number of thiazole rings is 1. The van der Waals surface area contributed by atoms with Crippen molar-refractivity contribution in [2.75, 3.05) is 18.1 Å². The Bertz CT molecular complexity index is 1800. The second kappa shape index (κ2) is 12.1. The molecule has 0 aliphatic carbocycles. The number of aliphatic hydroxyl groups is 1. The first-order valence-electron chi connectivity index (χ1n) is 14.7. The lowest BCUT2D eigenvalue weighted by Crippen LogP contribution is -2.29. The molecular weight excluding hydrogens is 600 g/mol. The number of amides is 1. The van der Waals surface area contributed by atoms with Crippen LogP contribution in [-0.4, -0.2) is 41.1 Å². The van der Waals surface area contributed by atoms with E-state index in [1.165, 1.54) is 16.2 Å². The maximum absolute atomic E-state index is 13.8. The zero-order valence-corrected chi connectivity index (χ0v) is 26.5. The fourth-order valence-corrected chi connectivity index (χ4v) is 6.81. The SMILES string of the molecule is CCOc1cc(C2/C(=C(\O)c3ccc4c(c3)CC(C)O4)C(=O)C(=O)N2c2nc3ccc(Cl)cc3s2)ccc1OCCC(C)C. The van der Waals surface area contributed by atoms with Gasteiger partial charge in [-0.2, -0.15) is 0 Å². The summed E-state index contributed by atoms with van der Waals surface area (Å²) in [4.78, 5) is 33.6. The van der Waals surface area contributed by atoms with E-state index in [0.717, 1.165) is 22.4 Å². The van der Waals surface area contributed by atoms with Gasteiger partial charge in [-0.3, -0.25) is 14.5 Å². The van der Waals surface area contributed by atoms with E-state index in [9.17, 15) is 14.7 Å². The van der Waals surface area contributed by atoms with Crippen molar-refractivity contribution < 1.29 is 28.9 Å². The summed E-state index contributed by atoms with van der Waals surface area (Å²) in [5.74, 6) is 0.420. The van der Waals surface area contributed by atoms with Crippen molar-refractivity contribution in [3.05, 3.63) is 81.9 Å². The number of aliphatic hydroxyl groups excluding tert-OH is 1. The van der Waals surface area contributed by atoms with Gasteiger partial charge in [0.05, 0.1) is 35.0 Å². The standard InChI is InChI=1S/C34H33ClN2O6S/c1-5-41-27-16-20(6-11-26(27)42-13-12-18(2)3)30-29(31(38)21-7-10-25-22(15-21)14-19(4)43-25)32(39)33(40)37(30)34-36-24-9-8-23(35)17-28(24)44-34/h6-11,15-19,30,38H,5,12-14H2,1-4H3/b31-29+. The summed E-state index contributed by atoms with van der Waals surface area (Å²) in [5.41, 5.74) is 2.54. The number of nitrogens with zero attached hydrogens (tertiary/aromatic N) is 2. The van der Waals surface area contributed by atoms with Gasteiger partial charge in [-0.1, -0.05) is 42.9 Å². The molecule has 8 nitrogen and oxygen atoms in total. The van der Waals surface area contributed by atoms with Gasteiger partial charge in [-0.25, -0.2) is 4.98 Å². The predicted octanol–water partition coefficient (Wildman–Crippen LogP) is 7.72. The quantitative estimate of drug-likeness (QED) is 0.115. The van der Waals surface area contributed by atoms with Crippen LogP contribution in [0.5, 0.6) is 17.2 Å². The minimum absolute atomic E-state index is 0.0128. The molecule has 2 atom stereocenters. The van der Waals surface area contributed by atoms with E-state index < -0.39 is 17.7 Å². The molecule has 1 N–H and O–H groups in total. The lowest BCUT2D eigenvalue weighted by molar-refractivity contribution is -0.132. The highest BCUT2D eigenvalue weighted by Gasteiger charge is 2.48. The largest absolute Gasteiger partial charge is 0.507 e. The lowest BCUT2D eigenvalue weighted by atomic mass is 9.94. The van der Waals surface area contributed by atoms with E-state index in [4.69, 9.17) is 25.8 Å². The van der Waals surface area contributed by atoms with Gasteiger partial charge in [-0.15, -0.1) is 0 Å². The summed E-state index contributed by atoms with van der Waals surface area (Å²) >= 11 is 7.48. The van der Waals surface area contributed by atoms with Crippen LogP contribution in [0, 0.1) is 5.92 Å². The first-order valence-corrected chi connectivity index (χ1v) is 15.9. The smallest absolute Gasteiger partial charge is 0.301 e. The highest BCUT2D eigenvalue weighted by atomic mass is 35.5. The molecule has 3 heterocycles. The Balaban J connectivity index is 1.50. The second-order valence-corrected chi connectivity index (χ2v) is 12.8. The van der Waals surface area contributed by atoms with Crippen molar-refractivity contribution in [2.45, 2.75) is 52.7 Å². The number of anilines is 1. The minimum Gasteiger partial charge on any atom is -0.507 e. The van der Waals surface area contributed by atoms with E-state index >= 15 is 0 Å². The average molecular weight is 633 g/mol. The highest BCUT2D eigenvalue weighted by molar-refractivity contribution is 7.22. The Morgan fingerprint density at radius 3 is 2.70 bits per heavy atom. The molecule has 0 radical (unpaired) electrons. The number of benzene rings is 3. The number of ketones is 1. The number of hydrogen-bond donors (Lipinski definition) is 1. The molecule has 10 heteroatoms. The summed E-state index contributed by atoms with van der Waals surface area (Å²) in [6.07, 6.45) is 1.57. The third-order valence-electron chi connectivity index (χ3n) is 7.70. The van der Waals surface area contributed by atoms with Crippen LogP contribution >= 0.6 is 22.9 Å². The number of Topliss-reactive ketones (excluding diaryl/α,β-unsaturated/α-hetero) is 1. The van der Waals surface area contributed by atoms with Crippen molar-refractivity contribution >= 4 is 55.7 Å². The Morgan fingerprint density at radius 1 is 1.11 bits per heavy atom. The van der Waals surface area contributed by atoms with Gasteiger partial charge in [-0.05, 0) is 85.8 Å². The zero-order chi connectivity index (χ0) is 31.1. The number of carbonyl (C=O) groups is 2. The summed E-state index contributed by atoms with van der Waals surface area (Å²) in [5, 5.41) is 12.6. The third kappa shape index (κ3) is 5.62. The predicted molar refractivity (Wildman–Crippen MR) is 172 cm³/mol. The van der Waals surface area contributed by atoms with Crippen LogP contribution in [0.15, 0.2) is 60.2 Å². The summed E-state index contributed by atoms with van der Waals surface area (Å²) in [7, 11) is 0. The van der Waals surface area contributed by atoms with Crippen LogP contribution in [0.2, 0.25) is 5.02 Å². The number of halogens is 1. The van der Waals surface area contributed by atoms with Crippen molar-refractivity contribution in [3.8, 4) is 17.2 Å². The summed E-state index contributed by atoms with van der Waals surface area (Å²) in [6.45, 7) is 9.01. The Hall–Kier alpha value is -4.08. The molecule has 1 aromatic heterocycles. The number of ether oxygens (including phenoxy) is 3. The molecule has 228 valence electrons. The molecule has 2 unspecified atom stereocenters. The van der Waals surface area contributed by atoms with Crippen LogP contribution in [0.25, 0.3) is 16.0 Å². The first-order chi connectivity index (χ1) is 21.1. The molecule has 0 saturated carbocycles. The number of aromatic nitrogens is 1. The lowest BCUT2D eigenvalue weighted by Gasteiger charge is -2.24. The van der Waals surface area contributed by atoms with E-state index in [0.29, 0.717) is 63.8 Å². The molecule has 2 aliphatic rings. The zero-order valence-electron chi connectivity index (χ0n) is 24.9. The van der Waals surface area contributed by atoms with E-state index in [1.807, 2.05) is 19.9 Å². The van der Waals surface area contributed by atoms with E-state index in [2.05, 4.69) is 18.8 Å². The molecule has 6 rings (SSSR count). The van der Waals surface area contributed by atoms with Gasteiger partial charge < -0.3 is 19.3 Å². The maximum atomic E-state index is 13.8. The Kier molecular flexibility index (Phi) is 8.26. The molecular formula is C34H33ClN2O6S. The molecule has 44 heavy (non-hydrogen) atoms. The van der Waals surface area contributed by atoms with Crippen molar-refractivity contribution in [1.82, 2.24) is 4.98 Å². The molecule has 1 saturated heterocycles. The normalized spacial score (nSPS) is 19.1.